The molecule has 1 aliphatic heterocycles. The molecule has 29 heavy (non-hydrogen) atoms. The van der Waals surface area contributed by atoms with Crippen LogP contribution in [0.5, 0.6) is 11.5 Å². The Morgan fingerprint density at radius 1 is 0.897 bits per heavy atom. The van der Waals surface area contributed by atoms with Crippen LogP contribution in [-0.4, -0.2) is 31.5 Å². The number of rotatable bonds is 5. The lowest BCUT2D eigenvalue weighted by molar-refractivity contribution is 0.410. The molecule has 0 aliphatic carbocycles. The lowest BCUT2D eigenvalue weighted by atomic mass is 9.93. The van der Waals surface area contributed by atoms with E-state index < -0.39 is 0 Å². The highest BCUT2D eigenvalue weighted by Gasteiger charge is 2.16. The molecule has 0 radical (unpaired) electrons. The summed E-state index contributed by atoms with van der Waals surface area (Å²) in [5.74, 6) is 1.65. The minimum atomic E-state index is 0.821. The van der Waals surface area contributed by atoms with Gasteiger partial charge in [-0.2, -0.15) is 0 Å². The van der Waals surface area contributed by atoms with Crippen LogP contribution < -0.4 is 9.47 Å². The molecule has 3 aromatic rings. The Morgan fingerprint density at radius 3 is 2.52 bits per heavy atom. The molecule has 1 aliphatic rings. The first kappa shape index (κ1) is 18.9. The minimum Gasteiger partial charge on any atom is -0.496 e. The molecule has 4 rings (SSSR count). The normalized spacial score (nSPS) is 15.1. The summed E-state index contributed by atoms with van der Waals surface area (Å²) >= 11 is 0. The predicted octanol–water partition coefficient (Wildman–Crippen LogP) is 5.43. The zero-order valence-electron chi connectivity index (χ0n) is 16.8. The van der Waals surface area contributed by atoms with E-state index in [1.165, 1.54) is 5.57 Å². The van der Waals surface area contributed by atoms with E-state index in [2.05, 4.69) is 35.3 Å². The zero-order valence-corrected chi connectivity index (χ0v) is 16.8. The average molecular weight is 384 g/mol. The third kappa shape index (κ3) is 4.06. The molecule has 2 aromatic carbocycles. The van der Waals surface area contributed by atoms with Crippen molar-refractivity contribution in [2.75, 3.05) is 20.8 Å². The smallest absolute Gasteiger partial charge is 0.126 e. The average Bonchev–Trinajstić information content (AvgIpc) is 2.80. The van der Waals surface area contributed by atoms with Crippen molar-refractivity contribution in [3.05, 3.63) is 83.7 Å². The van der Waals surface area contributed by atoms with Gasteiger partial charge in [0, 0.05) is 35.6 Å². The highest BCUT2D eigenvalue weighted by atomic mass is 16.5. The lowest BCUT2D eigenvalue weighted by Gasteiger charge is -2.17. The number of ether oxygens (including phenoxy) is 2. The second kappa shape index (κ2) is 8.74. The fourth-order valence-electron chi connectivity index (χ4n) is 3.69. The molecule has 0 saturated heterocycles. The van der Waals surface area contributed by atoms with Crippen LogP contribution in [0.4, 0.5) is 0 Å². The molecular formula is C25H24N2O2. The Balaban J connectivity index is 1.78. The van der Waals surface area contributed by atoms with E-state index in [0.29, 0.717) is 0 Å². The zero-order chi connectivity index (χ0) is 20.1. The van der Waals surface area contributed by atoms with Gasteiger partial charge in [0.1, 0.15) is 11.5 Å². The molecule has 146 valence electrons. The second-order valence-electron chi connectivity index (χ2n) is 6.91. The van der Waals surface area contributed by atoms with Gasteiger partial charge in [0.15, 0.2) is 0 Å². The van der Waals surface area contributed by atoms with Crippen molar-refractivity contribution in [3.8, 4) is 22.6 Å². The Bertz CT molecular complexity index is 1060. The second-order valence-corrected chi connectivity index (χ2v) is 6.91. The van der Waals surface area contributed by atoms with Crippen molar-refractivity contribution >= 4 is 11.8 Å². The van der Waals surface area contributed by atoms with Gasteiger partial charge in [-0.15, -0.1) is 0 Å². The molecule has 0 bridgehead atoms. The number of para-hydroxylation sites is 1. The molecule has 0 saturated carbocycles. The molecule has 0 amide bonds. The Kier molecular flexibility index (Phi) is 5.71. The summed E-state index contributed by atoms with van der Waals surface area (Å²) in [5, 5.41) is 0. The number of hydrogen-bond donors (Lipinski definition) is 0. The van der Waals surface area contributed by atoms with Gasteiger partial charge >= 0.3 is 0 Å². The summed E-state index contributed by atoms with van der Waals surface area (Å²) in [5.41, 5.74) is 6.48. The largest absolute Gasteiger partial charge is 0.496 e. The topological polar surface area (TPSA) is 43.7 Å². The first-order valence-electron chi connectivity index (χ1n) is 9.77. The van der Waals surface area contributed by atoms with Crippen molar-refractivity contribution in [1.82, 2.24) is 4.98 Å². The number of aliphatic imine (C=N–C) groups is 1. The molecule has 0 fully saturated rings. The summed E-state index contributed by atoms with van der Waals surface area (Å²) < 4.78 is 11.2. The number of hydrogen-bond acceptors (Lipinski definition) is 4. The fraction of sp³-hybridized carbons (Fsp3) is 0.200. The Hall–Kier alpha value is -3.40. The van der Waals surface area contributed by atoms with Gasteiger partial charge < -0.3 is 9.47 Å². The van der Waals surface area contributed by atoms with Crippen molar-refractivity contribution in [2.24, 2.45) is 4.99 Å². The predicted molar refractivity (Wildman–Crippen MR) is 118 cm³/mol. The molecule has 0 unspecified atom stereocenters. The highest BCUT2D eigenvalue weighted by molar-refractivity contribution is 6.15. The number of nitrogens with zero attached hydrogens (tertiary/aromatic N) is 2. The Labute approximate surface area is 171 Å². The molecular weight excluding hydrogens is 360 g/mol. The maximum atomic E-state index is 5.63. The minimum absolute atomic E-state index is 0.821. The summed E-state index contributed by atoms with van der Waals surface area (Å²) in [7, 11) is 3.39. The number of pyridine rings is 1. The summed E-state index contributed by atoms with van der Waals surface area (Å²) in [6.07, 6.45) is 7.96. The van der Waals surface area contributed by atoms with Gasteiger partial charge in [-0.3, -0.25) is 9.98 Å². The van der Waals surface area contributed by atoms with Crippen molar-refractivity contribution in [2.45, 2.75) is 12.8 Å². The van der Waals surface area contributed by atoms with Crippen LogP contribution in [0.2, 0.25) is 0 Å². The molecule has 1 aromatic heterocycles. The van der Waals surface area contributed by atoms with Crippen LogP contribution >= 0.6 is 0 Å². The Morgan fingerprint density at radius 2 is 1.72 bits per heavy atom. The van der Waals surface area contributed by atoms with Gasteiger partial charge in [0.05, 0.1) is 19.9 Å². The van der Waals surface area contributed by atoms with Crippen LogP contribution in [0.25, 0.3) is 17.2 Å². The standard InChI is InChI=1S/C25H24N2O2/c1-28-23-10-4-3-9-21(23)22-16-18(11-12-24(22)29-2)15-19-7-6-14-27-25(19)20-8-5-13-26-17-20/h3-5,8-13,15-17H,6-7,14H2,1-2H3. The molecule has 4 heteroatoms. The number of aromatic nitrogens is 1. The summed E-state index contributed by atoms with van der Waals surface area (Å²) in [6, 6.07) is 18.3. The third-order valence-corrected chi connectivity index (χ3v) is 5.07. The van der Waals surface area contributed by atoms with E-state index in [4.69, 9.17) is 14.5 Å². The number of allylic oxidation sites excluding steroid dienone is 1. The van der Waals surface area contributed by atoms with E-state index in [-0.39, 0.29) is 0 Å². The molecule has 0 atom stereocenters. The van der Waals surface area contributed by atoms with E-state index in [1.54, 1.807) is 20.4 Å². The first-order valence-corrected chi connectivity index (χ1v) is 9.77. The number of benzene rings is 2. The third-order valence-electron chi connectivity index (χ3n) is 5.07. The summed E-state index contributed by atoms with van der Waals surface area (Å²) in [6.45, 7) is 0.858. The van der Waals surface area contributed by atoms with Gasteiger partial charge in [0.25, 0.3) is 0 Å². The van der Waals surface area contributed by atoms with E-state index in [0.717, 1.165) is 58.9 Å². The van der Waals surface area contributed by atoms with Gasteiger partial charge in [-0.1, -0.05) is 24.3 Å². The van der Waals surface area contributed by atoms with Crippen molar-refractivity contribution in [1.29, 1.82) is 0 Å². The SMILES string of the molecule is COc1ccccc1-c1cc(C=C2CCCN=C2c2cccnc2)ccc1OC. The molecule has 2 heterocycles. The number of methoxy groups -OCH3 is 2. The van der Waals surface area contributed by atoms with E-state index in [9.17, 15) is 0 Å². The van der Waals surface area contributed by atoms with Crippen LogP contribution in [0.15, 0.2) is 77.6 Å². The van der Waals surface area contributed by atoms with Crippen molar-refractivity contribution in [3.63, 3.8) is 0 Å². The molecule has 0 spiro atoms. The lowest BCUT2D eigenvalue weighted by Crippen LogP contribution is -2.11. The molecule has 0 N–H and O–H groups in total. The van der Waals surface area contributed by atoms with Gasteiger partial charge in [0.2, 0.25) is 0 Å². The first-order chi connectivity index (χ1) is 14.3. The van der Waals surface area contributed by atoms with Crippen molar-refractivity contribution < 1.29 is 9.47 Å². The van der Waals surface area contributed by atoms with Crippen LogP contribution in [0.3, 0.4) is 0 Å². The maximum Gasteiger partial charge on any atom is 0.126 e. The van der Waals surface area contributed by atoms with Gasteiger partial charge in [-0.25, -0.2) is 0 Å². The van der Waals surface area contributed by atoms with Crippen LogP contribution in [-0.2, 0) is 0 Å². The van der Waals surface area contributed by atoms with Gasteiger partial charge in [-0.05, 0) is 60.4 Å². The quantitative estimate of drug-likeness (QED) is 0.589. The van der Waals surface area contributed by atoms with Crippen LogP contribution in [0.1, 0.15) is 24.0 Å². The summed E-state index contributed by atoms with van der Waals surface area (Å²) in [4.78, 5) is 9.04. The molecule has 4 nitrogen and oxygen atoms in total. The van der Waals surface area contributed by atoms with E-state index in [1.807, 2.05) is 36.5 Å². The fourth-order valence-corrected chi connectivity index (χ4v) is 3.69. The maximum absolute atomic E-state index is 5.63. The highest BCUT2D eigenvalue weighted by Crippen LogP contribution is 2.37. The monoisotopic (exact) mass is 384 g/mol. The van der Waals surface area contributed by atoms with E-state index >= 15 is 0 Å². The van der Waals surface area contributed by atoms with Crippen LogP contribution in [0, 0.1) is 0 Å².